The van der Waals surface area contributed by atoms with Crippen LogP contribution in [0.2, 0.25) is 0 Å². The minimum atomic E-state index is -1.01. The van der Waals surface area contributed by atoms with Crippen LogP contribution >= 0.6 is 0 Å². The van der Waals surface area contributed by atoms with Gasteiger partial charge in [0.05, 0.1) is 12.6 Å². The maximum Gasteiger partial charge on any atom is 0.247 e. The molecule has 0 saturated heterocycles. The molecule has 0 radical (unpaired) electrons. The van der Waals surface area contributed by atoms with E-state index in [9.17, 15) is 14.0 Å². The lowest BCUT2D eigenvalue weighted by molar-refractivity contribution is -0.144. The molecule has 33 heavy (non-hydrogen) atoms. The Hall–Kier alpha value is -2.86. The van der Waals surface area contributed by atoms with E-state index in [0.29, 0.717) is 37.3 Å². The average Bonchev–Trinajstić information content (AvgIpc) is 3.72. The summed E-state index contributed by atoms with van der Waals surface area (Å²) in [5, 5.41) is 11.2. The molecule has 178 valence electrons. The third-order valence-electron chi connectivity index (χ3n) is 6.23. The number of pyridine rings is 1. The summed E-state index contributed by atoms with van der Waals surface area (Å²) in [5.41, 5.74) is 0.0415. The Kier molecular flexibility index (Phi) is 8.14. The number of ether oxygens (including phenoxy) is 1. The van der Waals surface area contributed by atoms with E-state index in [4.69, 9.17) is 11.2 Å². The number of methoxy groups -OCH3 is 1. The number of carbonyl (C=O) groups is 2. The van der Waals surface area contributed by atoms with Crippen molar-refractivity contribution in [2.24, 2.45) is 16.1 Å². The maximum absolute atomic E-state index is 14.4. The normalized spacial score (nSPS) is 17.7. The Bertz CT molecular complexity index is 935. The highest BCUT2D eigenvalue weighted by Crippen LogP contribution is 2.38. The van der Waals surface area contributed by atoms with Gasteiger partial charge in [-0.15, -0.1) is 12.3 Å². The van der Waals surface area contributed by atoms with Gasteiger partial charge in [0.2, 0.25) is 17.8 Å². The lowest BCUT2D eigenvalue weighted by atomic mass is 9.97. The maximum atomic E-state index is 14.4. The Labute approximate surface area is 194 Å². The minimum Gasteiger partial charge on any atom is -0.383 e. The van der Waals surface area contributed by atoms with Crippen LogP contribution in [-0.4, -0.2) is 53.7 Å². The highest BCUT2D eigenvalue weighted by Gasteiger charge is 2.42. The van der Waals surface area contributed by atoms with Crippen LogP contribution in [0.4, 0.5) is 4.39 Å². The Morgan fingerprint density at radius 3 is 2.73 bits per heavy atom. The second kappa shape index (κ2) is 10.8. The summed E-state index contributed by atoms with van der Waals surface area (Å²) in [4.78, 5) is 32.1. The molecule has 0 aromatic carbocycles. The topological polar surface area (TPSA) is 96.2 Å². The van der Waals surface area contributed by atoms with Crippen LogP contribution in [0, 0.1) is 31.1 Å². The van der Waals surface area contributed by atoms with E-state index < -0.39 is 23.7 Å². The molecule has 1 aromatic rings. The molecular weight excluding hydrogens is 425 g/mol. The Balaban J connectivity index is 1.87. The second-order valence-corrected chi connectivity index (χ2v) is 8.90. The quantitative estimate of drug-likeness (QED) is 0.363. The highest BCUT2D eigenvalue weighted by atomic mass is 19.1. The zero-order chi connectivity index (χ0) is 24.0. The van der Waals surface area contributed by atoms with E-state index >= 15 is 0 Å². The number of aromatic nitrogens is 1. The summed E-state index contributed by atoms with van der Waals surface area (Å²) < 4.78 is 19.7. The third kappa shape index (κ3) is 6.35. The number of nitrogens with one attached hydrogen (secondary N) is 1. The predicted molar refractivity (Wildman–Crippen MR) is 120 cm³/mol. The molecule has 1 fully saturated rings. The molecule has 1 aliphatic carbocycles. The van der Waals surface area contributed by atoms with E-state index in [2.05, 4.69) is 26.4 Å². The van der Waals surface area contributed by atoms with Gasteiger partial charge in [0, 0.05) is 51.1 Å². The van der Waals surface area contributed by atoms with Gasteiger partial charge in [-0.05, 0) is 44.2 Å². The predicted octanol–water partition coefficient (Wildman–Crippen LogP) is 3.32. The van der Waals surface area contributed by atoms with Crippen LogP contribution in [0.15, 0.2) is 22.5 Å². The Morgan fingerprint density at radius 2 is 2.12 bits per heavy atom. The SMILES string of the molecule is C#CCCC1(CCC(=O)N(C(C)COC)C(C(=O)NCC2CC2)c2ccnc(F)c2C)N=N1. The van der Waals surface area contributed by atoms with Gasteiger partial charge in [-0.1, -0.05) is 0 Å². The molecule has 8 nitrogen and oxygen atoms in total. The molecule has 1 N–H and O–H groups in total. The van der Waals surface area contributed by atoms with Gasteiger partial charge in [-0.3, -0.25) is 9.59 Å². The molecule has 0 spiro atoms. The van der Waals surface area contributed by atoms with Crippen molar-refractivity contribution in [2.75, 3.05) is 20.3 Å². The number of rotatable bonds is 13. The van der Waals surface area contributed by atoms with Crippen molar-refractivity contribution in [1.82, 2.24) is 15.2 Å². The fraction of sp³-hybridized carbons (Fsp3) is 0.625. The number of hydrogen-bond donors (Lipinski definition) is 1. The van der Waals surface area contributed by atoms with Gasteiger partial charge >= 0.3 is 0 Å². The molecule has 0 bridgehead atoms. The highest BCUT2D eigenvalue weighted by molar-refractivity contribution is 5.89. The van der Waals surface area contributed by atoms with Crippen LogP contribution in [0.25, 0.3) is 0 Å². The first-order valence-electron chi connectivity index (χ1n) is 11.4. The monoisotopic (exact) mass is 457 g/mol. The van der Waals surface area contributed by atoms with Crippen molar-refractivity contribution < 1.29 is 18.7 Å². The largest absolute Gasteiger partial charge is 0.383 e. The zero-order valence-corrected chi connectivity index (χ0v) is 19.5. The molecule has 1 aliphatic heterocycles. The van der Waals surface area contributed by atoms with Gasteiger partial charge < -0.3 is 15.0 Å². The van der Waals surface area contributed by atoms with Crippen LogP contribution < -0.4 is 5.32 Å². The number of carbonyl (C=O) groups excluding carboxylic acids is 2. The lowest BCUT2D eigenvalue weighted by Gasteiger charge is -2.36. The van der Waals surface area contributed by atoms with Gasteiger partial charge in [-0.2, -0.15) is 14.6 Å². The number of nitrogens with zero attached hydrogens (tertiary/aromatic N) is 4. The van der Waals surface area contributed by atoms with Crippen LogP contribution in [0.5, 0.6) is 0 Å². The van der Waals surface area contributed by atoms with Crippen molar-refractivity contribution in [3.05, 3.63) is 29.3 Å². The number of hydrogen-bond acceptors (Lipinski definition) is 6. The fourth-order valence-electron chi connectivity index (χ4n) is 3.97. The summed E-state index contributed by atoms with van der Waals surface area (Å²) in [5.74, 6) is 1.78. The minimum absolute atomic E-state index is 0.130. The van der Waals surface area contributed by atoms with E-state index in [1.807, 2.05) is 6.92 Å². The summed E-state index contributed by atoms with van der Waals surface area (Å²) >= 11 is 0. The first-order chi connectivity index (χ1) is 15.8. The van der Waals surface area contributed by atoms with Gasteiger partial charge in [0.15, 0.2) is 5.66 Å². The number of amides is 2. The zero-order valence-electron chi connectivity index (χ0n) is 19.5. The van der Waals surface area contributed by atoms with E-state index in [1.165, 1.54) is 18.2 Å². The van der Waals surface area contributed by atoms with Crippen LogP contribution in [0.1, 0.15) is 62.6 Å². The Morgan fingerprint density at radius 1 is 1.39 bits per heavy atom. The number of halogens is 1. The summed E-state index contributed by atoms with van der Waals surface area (Å²) in [7, 11) is 1.54. The van der Waals surface area contributed by atoms with Gasteiger partial charge in [-0.25, -0.2) is 4.98 Å². The lowest BCUT2D eigenvalue weighted by Crippen LogP contribution is -2.50. The van der Waals surface area contributed by atoms with Crippen LogP contribution in [-0.2, 0) is 14.3 Å². The van der Waals surface area contributed by atoms with Gasteiger partial charge in [0.25, 0.3) is 0 Å². The van der Waals surface area contributed by atoms with Crippen molar-refractivity contribution in [3.63, 3.8) is 0 Å². The van der Waals surface area contributed by atoms with Crippen molar-refractivity contribution in [2.45, 2.75) is 70.1 Å². The molecule has 1 saturated carbocycles. The molecule has 3 rings (SSSR count). The molecule has 9 heteroatoms. The standard InChI is InChI=1S/C24H32FN5O3/c1-5-6-11-24(28-29-24)12-9-20(31)30(16(2)15-33-4)21(23(32)27-14-18-7-8-18)19-10-13-26-22(25)17(19)3/h1,10,13,16,18,21H,6-9,11-12,14-15H2,2-4H3,(H,27,32). The van der Waals surface area contributed by atoms with Crippen molar-refractivity contribution >= 4 is 11.8 Å². The van der Waals surface area contributed by atoms with E-state index in [-0.39, 0.29) is 30.4 Å². The van der Waals surface area contributed by atoms with Gasteiger partial charge in [0.1, 0.15) is 6.04 Å². The van der Waals surface area contributed by atoms with Crippen LogP contribution in [0.3, 0.4) is 0 Å². The molecule has 2 heterocycles. The summed E-state index contributed by atoms with van der Waals surface area (Å²) in [6.07, 6.45) is 10.5. The molecule has 1 aromatic heterocycles. The van der Waals surface area contributed by atoms with E-state index in [0.717, 1.165) is 12.8 Å². The van der Waals surface area contributed by atoms with E-state index in [1.54, 1.807) is 13.0 Å². The fourth-order valence-corrected chi connectivity index (χ4v) is 3.97. The smallest absolute Gasteiger partial charge is 0.247 e. The molecule has 2 atom stereocenters. The molecular formula is C24H32FN5O3. The summed E-state index contributed by atoms with van der Waals surface area (Å²) in [6, 6.07) is 0.165. The molecule has 2 amide bonds. The number of terminal acetylenes is 1. The first kappa shape index (κ1) is 24.8. The second-order valence-electron chi connectivity index (χ2n) is 8.90. The average molecular weight is 458 g/mol. The van der Waals surface area contributed by atoms with Crippen molar-refractivity contribution in [3.8, 4) is 12.3 Å². The molecule has 2 unspecified atom stereocenters. The molecule has 2 aliphatic rings. The summed E-state index contributed by atoms with van der Waals surface area (Å²) in [6.45, 7) is 4.14. The third-order valence-corrected chi connectivity index (χ3v) is 6.23. The van der Waals surface area contributed by atoms with Crippen molar-refractivity contribution in [1.29, 1.82) is 0 Å². The first-order valence-corrected chi connectivity index (χ1v) is 11.4.